The summed E-state index contributed by atoms with van der Waals surface area (Å²) >= 11 is 0. The van der Waals surface area contributed by atoms with E-state index in [9.17, 15) is 0 Å². The lowest BCUT2D eigenvalue weighted by Gasteiger charge is -2.46. The predicted octanol–water partition coefficient (Wildman–Crippen LogP) is 1.45. The molecule has 19 heavy (non-hydrogen) atoms. The molecule has 0 N–H and O–H groups in total. The fourth-order valence-electron chi connectivity index (χ4n) is 3.59. The molecule has 3 atom stereocenters. The average molecular weight is 270 g/mol. The smallest absolute Gasteiger partial charge is 0.0931 e. The highest BCUT2D eigenvalue weighted by molar-refractivity contribution is 4.93. The number of rotatable bonds is 6. The minimum absolute atomic E-state index is 0.194. The summed E-state index contributed by atoms with van der Waals surface area (Å²) in [7, 11) is 3.54. The van der Waals surface area contributed by atoms with Gasteiger partial charge in [0.2, 0.25) is 0 Å². The summed E-state index contributed by atoms with van der Waals surface area (Å²) in [5, 5.41) is 0. The van der Waals surface area contributed by atoms with Crippen LogP contribution in [0.25, 0.3) is 0 Å². The second-order valence-corrected chi connectivity index (χ2v) is 6.37. The molecule has 4 heteroatoms. The van der Waals surface area contributed by atoms with Crippen molar-refractivity contribution in [2.75, 3.05) is 47.0 Å². The highest BCUT2D eigenvalue weighted by Crippen LogP contribution is 2.27. The number of hydrogen-bond donors (Lipinski definition) is 0. The molecule has 2 aliphatic rings. The van der Waals surface area contributed by atoms with Gasteiger partial charge in [0.15, 0.2) is 0 Å². The van der Waals surface area contributed by atoms with Gasteiger partial charge in [0.05, 0.1) is 12.7 Å². The summed E-state index contributed by atoms with van der Waals surface area (Å²) in [4.78, 5) is 5.34. The first-order chi connectivity index (χ1) is 9.15. The molecule has 0 bridgehead atoms. The van der Waals surface area contributed by atoms with Gasteiger partial charge in [0.1, 0.15) is 0 Å². The summed E-state index contributed by atoms with van der Waals surface area (Å²) in [6, 6.07) is 1.43. The molecule has 2 aliphatic heterocycles. The minimum atomic E-state index is 0.194. The van der Waals surface area contributed by atoms with Gasteiger partial charge >= 0.3 is 0 Å². The van der Waals surface area contributed by atoms with Crippen LogP contribution >= 0.6 is 0 Å². The maximum atomic E-state index is 5.55. The zero-order valence-electron chi connectivity index (χ0n) is 13.0. The van der Waals surface area contributed by atoms with Crippen LogP contribution in [0.4, 0.5) is 0 Å². The van der Waals surface area contributed by atoms with Crippen LogP contribution in [-0.4, -0.2) is 75.0 Å². The first-order valence-corrected chi connectivity index (χ1v) is 7.65. The van der Waals surface area contributed by atoms with Gasteiger partial charge in [-0.1, -0.05) is 13.8 Å². The Morgan fingerprint density at radius 3 is 2.63 bits per heavy atom. The van der Waals surface area contributed by atoms with Gasteiger partial charge in [-0.3, -0.25) is 9.80 Å². The van der Waals surface area contributed by atoms with Gasteiger partial charge in [0, 0.05) is 45.9 Å². The normalized spacial score (nSPS) is 30.8. The molecule has 2 rings (SSSR count). The van der Waals surface area contributed by atoms with E-state index in [2.05, 4.69) is 23.6 Å². The third-order valence-corrected chi connectivity index (χ3v) is 4.73. The molecular formula is C15H30N2O2. The van der Waals surface area contributed by atoms with Crippen LogP contribution in [0.2, 0.25) is 0 Å². The van der Waals surface area contributed by atoms with Gasteiger partial charge in [0.25, 0.3) is 0 Å². The van der Waals surface area contributed by atoms with E-state index < -0.39 is 0 Å². The predicted molar refractivity (Wildman–Crippen MR) is 77.5 cm³/mol. The van der Waals surface area contributed by atoms with Gasteiger partial charge in [-0.15, -0.1) is 0 Å². The lowest BCUT2D eigenvalue weighted by molar-refractivity contribution is -0.0353. The van der Waals surface area contributed by atoms with Crippen molar-refractivity contribution in [3.63, 3.8) is 0 Å². The summed E-state index contributed by atoms with van der Waals surface area (Å²) in [6.07, 6.45) is 2.93. The Bertz CT molecular complexity index is 273. The molecule has 2 fully saturated rings. The first kappa shape index (κ1) is 15.2. The molecule has 0 aromatic rings. The monoisotopic (exact) mass is 270 g/mol. The van der Waals surface area contributed by atoms with Crippen molar-refractivity contribution in [2.24, 2.45) is 5.92 Å². The van der Waals surface area contributed by atoms with E-state index >= 15 is 0 Å². The van der Waals surface area contributed by atoms with Crippen molar-refractivity contribution < 1.29 is 9.47 Å². The van der Waals surface area contributed by atoms with E-state index in [1.165, 1.54) is 32.5 Å². The molecule has 112 valence electrons. The second-order valence-electron chi connectivity index (χ2n) is 6.37. The van der Waals surface area contributed by atoms with Crippen molar-refractivity contribution in [1.29, 1.82) is 0 Å². The van der Waals surface area contributed by atoms with E-state index in [4.69, 9.17) is 9.47 Å². The molecule has 2 saturated heterocycles. The van der Waals surface area contributed by atoms with E-state index in [0.717, 1.165) is 12.6 Å². The maximum Gasteiger partial charge on any atom is 0.0931 e. The van der Waals surface area contributed by atoms with Crippen molar-refractivity contribution in [3.8, 4) is 0 Å². The van der Waals surface area contributed by atoms with Crippen LogP contribution in [-0.2, 0) is 9.47 Å². The lowest BCUT2D eigenvalue weighted by atomic mass is 9.97. The minimum Gasteiger partial charge on any atom is -0.382 e. The van der Waals surface area contributed by atoms with Crippen LogP contribution in [0.5, 0.6) is 0 Å². The SMILES string of the molecule is COCC(CN1CC2CCCN2CC1C(C)C)OC. The molecule has 0 amide bonds. The Balaban J connectivity index is 1.98. The Morgan fingerprint density at radius 2 is 2.00 bits per heavy atom. The Morgan fingerprint density at radius 1 is 1.21 bits per heavy atom. The molecule has 0 aromatic carbocycles. The van der Waals surface area contributed by atoms with E-state index in [0.29, 0.717) is 18.6 Å². The highest BCUT2D eigenvalue weighted by atomic mass is 16.5. The highest BCUT2D eigenvalue weighted by Gasteiger charge is 2.37. The number of fused-ring (bicyclic) bond motifs is 1. The summed E-state index contributed by atoms with van der Waals surface area (Å²) in [5.74, 6) is 0.696. The van der Waals surface area contributed by atoms with Crippen LogP contribution in [0.1, 0.15) is 26.7 Å². The third-order valence-electron chi connectivity index (χ3n) is 4.73. The number of ether oxygens (including phenoxy) is 2. The zero-order chi connectivity index (χ0) is 13.8. The first-order valence-electron chi connectivity index (χ1n) is 7.65. The van der Waals surface area contributed by atoms with Gasteiger partial charge in [-0.25, -0.2) is 0 Å². The molecular weight excluding hydrogens is 240 g/mol. The molecule has 4 nitrogen and oxygen atoms in total. The lowest BCUT2D eigenvalue weighted by Crippen LogP contribution is -2.59. The van der Waals surface area contributed by atoms with Gasteiger partial charge < -0.3 is 9.47 Å². The van der Waals surface area contributed by atoms with Crippen molar-refractivity contribution in [2.45, 2.75) is 44.9 Å². The molecule has 3 unspecified atom stereocenters. The summed E-state index contributed by atoms with van der Waals surface area (Å²) < 4.78 is 10.8. The molecule has 0 radical (unpaired) electrons. The number of hydrogen-bond acceptors (Lipinski definition) is 4. The van der Waals surface area contributed by atoms with Crippen LogP contribution in [0.15, 0.2) is 0 Å². The molecule has 0 aliphatic carbocycles. The molecule has 0 spiro atoms. The van der Waals surface area contributed by atoms with Crippen LogP contribution in [0.3, 0.4) is 0 Å². The van der Waals surface area contributed by atoms with E-state index in [1.54, 1.807) is 14.2 Å². The number of methoxy groups -OCH3 is 2. The van der Waals surface area contributed by atoms with Crippen LogP contribution < -0.4 is 0 Å². The molecule has 2 heterocycles. The Kier molecular flexibility index (Phi) is 5.63. The van der Waals surface area contributed by atoms with Crippen molar-refractivity contribution in [1.82, 2.24) is 9.80 Å². The summed E-state index contributed by atoms with van der Waals surface area (Å²) in [5.41, 5.74) is 0. The van der Waals surface area contributed by atoms with Crippen molar-refractivity contribution >= 4 is 0 Å². The average Bonchev–Trinajstić information content (AvgIpc) is 2.84. The fraction of sp³-hybridized carbons (Fsp3) is 1.00. The number of nitrogens with zero attached hydrogens (tertiary/aromatic N) is 2. The second kappa shape index (κ2) is 7.02. The quantitative estimate of drug-likeness (QED) is 0.729. The standard InChI is InChI=1S/C15H30N2O2/c1-12(2)15-10-16-7-5-6-13(16)8-17(15)9-14(19-4)11-18-3/h12-15H,5-11H2,1-4H3. The molecule has 0 aromatic heterocycles. The van der Waals surface area contributed by atoms with E-state index in [-0.39, 0.29) is 6.10 Å². The van der Waals surface area contributed by atoms with Crippen LogP contribution in [0, 0.1) is 5.92 Å². The van der Waals surface area contributed by atoms with Gasteiger partial charge in [-0.2, -0.15) is 0 Å². The Hall–Kier alpha value is -0.160. The number of piperazine rings is 1. The largest absolute Gasteiger partial charge is 0.382 e. The van der Waals surface area contributed by atoms with Crippen molar-refractivity contribution in [3.05, 3.63) is 0 Å². The van der Waals surface area contributed by atoms with E-state index in [1.807, 2.05) is 0 Å². The third kappa shape index (κ3) is 3.69. The van der Waals surface area contributed by atoms with Gasteiger partial charge in [-0.05, 0) is 25.3 Å². The Labute approximate surface area is 118 Å². The topological polar surface area (TPSA) is 24.9 Å². The summed E-state index contributed by atoms with van der Waals surface area (Å²) in [6.45, 7) is 10.1. The maximum absolute atomic E-state index is 5.55. The molecule has 0 saturated carbocycles. The zero-order valence-corrected chi connectivity index (χ0v) is 13.0. The fourth-order valence-corrected chi connectivity index (χ4v) is 3.59.